The molecule has 0 atom stereocenters. The Bertz CT molecular complexity index is 618. The number of benzene rings is 1. The molecule has 0 unspecified atom stereocenters. The van der Waals surface area contributed by atoms with Crippen LogP contribution in [0.25, 0.3) is 11.4 Å². The number of halogens is 2. The Hall–Kier alpha value is -2.24. The lowest BCUT2D eigenvalue weighted by molar-refractivity contribution is -0.0494. The van der Waals surface area contributed by atoms with E-state index >= 15 is 0 Å². The van der Waals surface area contributed by atoms with E-state index in [4.69, 9.17) is 5.73 Å². The third kappa shape index (κ3) is 4.11. The molecule has 0 radical (unpaired) electrons. The number of nitrogens with zero attached hydrogens (tertiary/aromatic N) is 2. The molecule has 0 fully saturated rings. The molecule has 0 saturated carbocycles. The fourth-order valence-corrected chi connectivity index (χ4v) is 2.01. The quantitative estimate of drug-likeness (QED) is 0.916. The summed E-state index contributed by atoms with van der Waals surface area (Å²) in [6.07, 6.45) is 0.734. The first-order valence-electron chi connectivity index (χ1n) is 6.63. The largest absolute Gasteiger partial charge is 0.434 e. The average Bonchev–Trinajstić information content (AvgIpc) is 2.37. The van der Waals surface area contributed by atoms with Crippen LogP contribution < -0.4 is 10.5 Å². The zero-order chi connectivity index (χ0) is 15.4. The molecule has 6 heteroatoms. The summed E-state index contributed by atoms with van der Waals surface area (Å²) in [5.41, 5.74) is 6.96. The summed E-state index contributed by atoms with van der Waals surface area (Å²) < 4.78 is 29.4. The fraction of sp³-hybridized carbons (Fsp3) is 0.333. The minimum atomic E-state index is -2.90. The van der Waals surface area contributed by atoms with Crippen molar-refractivity contribution in [2.24, 2.45) is 5.92 Å². The lowest BCUT2D eigenvalue weighted by Gasteiger charge is -2.11. The summed E-state index contributed by atoms with van der Waals surface area (Å²) in [6.45, 7) is 1.22. The van der Waals surface area contributed by atoms with Crippen LogP contribution in [0.3, 0.4) is 0 Å². The lowest BCUT2D eigenvalue weighted by atomic mass is 10.1. The number of para-hydroxylation sites is 1. The van der Waals surface area contributed by atoms with Gasteiger partial charge in [0.05, 0.1) is 5.56 Å². The Balaban J connectivity index is 2.44. The van der Waals surface area contributed by atoms with E-state index in [-0.39, 0.29) is 5.75 Å². The molecule has 0 spiro atoms. The van der Waals surface area contributed by atoms with Crippen molar-refractivity contribution < 1.29 is 13.5 Å². The van der Waals surface area contributed by atoms with Gasteiger partial charge in [-0.2, -0.15) is 8.78 Å². The molecule has 0 aliphatic rings. The molecule has 112 valence electrons. The monoisotopic (exact) mass is 293 g/mol. The van der Waals surface area contributed by atoms with E-state index < -0.39 is 6.61 Å². The van der Waals surface area contributed by atoms with Crippen molar-refractivity contribution in [3.8, 4) is 17.1 Å². The molecule has 2 rings (SSSR count). The SMILES string of the molecule is CC(C)Cc1cc(N)nc(-c2ccccc2OC(F)F)n1. The fourth-order valence-electron chi connectivity index (χ4n) is 2.01. The molecule has 1 aromatic heterocycles. The Labute approximate surface area is 122 Å². The Morgan fingerprint density at radius 1 is 1.19 bits per heavy atom. The number of alkyl halides is 2. The van der Waals surface area contributed by atoms with Crippen molar-refractivity contribution in [1.29, 1.82) is 0 Å². The molecule has 2 N–H and O–H groups in total. The number of hydrogen-bond donors (Lipinski definition) is 1. The summed E-state index contributed by atoms with van der Waals surface area (Å²) in [4.78, 5) is 8.52. The molecule has 2 aromatic rings. The molecule has 0 aliphatic carbocycles. The van der Waals surface area contributed by atoms with Crippen molar-refractivity contribution in [1.82, 2.24) is 9.97 Å². The average molecular weight is 293 g/mol. The summed E-state index contributed by atoms with van der Waals surface area (Å²) >= 11 is 0. The highest BCUT2D eigenvalue weighted by molar-refractivity contribution is 5.65. The summed E-state index contributed by atoms with van der Waals surface area (Å²) in [7, 11) is 0. The number of rotatable bonds is 5. The van der Waals surface area contributed by atoms with Crippen LogP contribution in [0.15, 0.2) is 30.3 Å². The maximum absolute atomic E-state index is 12.5. The first-order valence-corrected chi connectivity index (χ1v) is 6.63. The van der Waals surface area contributed by atoms with E-state index in [0.717, 1.165) is 12.1 Å². The van der Waals surface area contributed by atoms with Crippen molar-refractivity contribution in [3.05, 3.63) is 36.0 Å². The van der Waals surface area contributed by atoms with Gasteiger partial charge in [0.15, 0.2) is 5.82 Å². The van der Waals surface area contributed by atoms with Crippen LogP contribution in [0.5, 0.6) is 5.75 Å². The zero-order valence-electron chi connectivity index (χ0n) is 11.9. The van der Waals surface area contributed by atoms with E-state index in [1.165, 1.54) is 6.07 Å². The van der Waals surface area contributed by atoms with Crippen LogP contribution in [0.2, 0.25) is 0 Å². The van der Waals surface area contributed by atoms with Crippen LogP contribution in [0.4, 0.5) is 14.6 Å². The van der Waals surface area contributed by atoms with Gasteiger partial charge in [-0.3, -0.25) is 0 Å². The Morgan fingerprint density at radius 3 is 2.57 bits per heavy atom. The predicted molar refractivity (Wildman–Crippen MR) is 77.1 cm³/mol. The molecule has 1 aromatic carbocycles. The number of nitrogens with two attached hydrogens (primary N) is 1. The zero-order valence-corrected chi connectivity index (χ0v) is 11.9. The molecule has 4 nitrogen and oxygen atoms in total. The summed E-state index contributed by atoms with van der Waals surface area (Å²) in [6, 6.07) is 8.10. The number of aromatic nitrogens is 2. The van der Waals surface area contributed by atoms with Crippen molar-refractivity contribution in [3.63, 3.8) is 0 Å². The molecule has 0 saturated heterocycles. The highest BCUT2D eigenvalue weighted by Gasteiger charge is 2.14. The molecule has 0 aliphatic heterocycles. The van der Waals surface area contributed by atoms with E-state index in [1.807, 2.05) is 0 Å². The molecular weight excluding hydrogens is 276 g/mol. The topological polar surface area (TPSA) is 61.0 Å². The van der Waals surface area contributed by atoms with Gasteiger partial charge in [0, 0.05) is 11.8 Å². The smallest absolute Gasteiger partial charge is 0.387 e. The van der Waals surface area contributed by atoms with E-state index in [2.05, 4.69) is 28.6 Å². The van der Waals surface area contributed by atoms with Gasteiger partial charge in [0.1, 0.15) is 11.6 Å². The van der Waals surface area contributed by atoms with E-state index in [0.29, 0.717) is 23.1 Å². The third-order valence-corrected chi connectivity index (χ3v) is 2.76. The molecule has 21 heavy (non-hydrogen) atoms. The van der Waals surface area contributed by atoms with Gasteiger partial charge >= 0.3 is 6.61 Å². The maximum atomic E-state index is 12.5. The van der Waals surface area contributed by atoms with E-state index in [9.17, 15) is 8.78 Å². The second-order valence-corrected chi connectivity index (χ2v) is 5.08. The van der Waals surface area contributed by atoms with Crippen LogP contribution in [-0.2, 0) is 6.42 Å². The standard InChI is InChI=1S/C15H17F2N3O/c1-9(2)7-10-8-13(18)20-14(19-10)11-5-3-4-6-12(11)21-15(16)17/h3-6,8-9,15H,7H2,1-2H3,(H2,18,19,20). The maximum Gasteiger partial charge on any atom is 0.387 e. The summed E-state index contributed by atoms with van der Waals surface area (Å²) in [5.74, 6) is 1.04. The Morgan fingerprint density at radius 2 is 1.90 bits per heavy atom. The highest BCUT2D eigenvalue weighted by atomic mass is 19.3. The van der Waals surface area contributed by atoms with Gasteiger partial charge in [-0.25, -0.2) is 9.97 Å². The first-order chi connectivity index (χ1) is 9.95. The van der Waals surface area contributed by atoms with Crippen LogP contribution >= 0.6 is 0 Å². The first kappa shape index (κ1) is 15.2. The van der Waals surface area contributed by atoms with Crippen LogP contribution in [0, 0.1) is 5.92 Å². The van der Waals surface area contributed by atoms with Gasteiger partial charge in [-0.15, -0.1) is 0 Å². The van der Waals surface area contributed by atoms with Gasteiger partial charge < -0.3 is 10.5 Å². The van der Waals surface area contributed by atoms with Gasteiger partial charge in [-0.1, -0.05) is 26.0 Å². The van der Waals surface area contributed by atoms with Crippen molar-refractivity contribution in [2.45, 2.75) is 26.9 Å². The molecule has 0 amide bonds. The predicted octanol–water partition coefficient (Wildman–Crippen LogP) is 3.53. The third-order valence-electron chi connectivity index (χ3n) is 2.76. The van der Waals surface area contributed by atoms with Crippen LogP contribution in [0.1, 0.15) is 19.5 Å². The van der Waals surface area contributed by atoms with Gasteiger partial charge in [0.25, 0.3) is 0 Å². The van der Waals surface area contributed by atoms with Gasteiger partial charge in [0.2, 0.25) is 0 Å². The molecule has 1 heterocycles. The lowest BCUT2D eigenvalue weighted by Crippen LogP contribution is -2.06. The second-order valence-electron chi connectivity index (χ2n) is 5.08. The van der Waals surface area contributed by atoms with Crippen molar-refractivity contribution in [2.75, 3.05) is 5.73 Å². The summed E-state index contributed by atoms with van der Waals surface area (Å²) in [5, 5.41) is 0. The van der Waals surface area contributed by atoms with Gasteiger partial charge in [-0.05, 0) is 24.5 Å². The normalized spacial score (nSPS) is 11.1. The number of nitrogen functional groups attached to an aromatic ring is 1. The number of hydrogen-bond acceptors (Lipinski definition) is 4. The Kier molecular flexibility index (Phi) is 4.67. The second kappa shape index (κ2) is 6.47. The highest BCUT2D eigenvalue weighted by Crippen LogP contribution is 2.29. The molecular formula is C15H17F2N3O. The van der Waals surface area contributed by atoms with Crippen LogP contribution in [-0.4, -0.2) is 16.6 Å². The minimum Gasteiger partial charge on any atom is -0.434 e. The van der Waals surface area contributed by atoms with E-state index in [1.54, 1.807) is 24.3 Å². The minimum absolute atomic E-state index is 0.0357. The van der Waals surface area contributed by atoms with Crippen molar-refractivity contribution >= 4 is 5.82 Å². The number of anilines is 1. The number of ether oxygens (including phenoxy) is 1. The molecule has 0 bridgehead atoms.